The van der Waals surface area contributed by atoms with Crippen LogP contribution in [-0.4, -0.2) is 25.7 Å². The van der Waals surface area contributed by atoms with Crippen molar-refractivity contribution in [1.82, 2.24) is 0 Å². The van der Waals surface area contributed by atoms with E-state index in [4.69, 9.17) is 14.2 Å². The molecule has 2 aliphatic heterocycles. The van der Waals surface area contributed by atoms with Gasteiger partial charge in [0.05, 0.1) is 6.61 Å². The van der Waals surface area contributed by atoms with Crippen LogP contribution in [0.25, 0.3) is 0 Å². The lowest BCUT2D eigenvalue weighted by atomic mass is 9.84. The Balaban J connectivity index is 1.73. The number of amides is 1. The number of fused-ring (bicyclic) bond motifs is 2. The molecule has 0 aliphatic carbocycles. The van der Waals surface area contributed by atoms with E-state index in [1.807, 2.05) is 36.4 Å². The number of benzene rings is 2. The summed E-state index contributed by atoms with van der Waals surface area (Å²) in [7, 11) is 0. The Morgan fingerprint density at radius 3 is 2.69 bits per heavy atom. The first-order valence-corrected chi connectivity index (χ1v) is 9.21. The van der Waals surface area contributed by atoms with E-state index >= 15 is 0 Å². The molecule has 1 N–H and O–H groups in total. The van der Waals surface area contributed by atoms with Crippen LogP contribution in [-0.2, 0) is 4.79 Å². The highest BCUT2D eigenvalue weighted by Gasteiger charge is 2.31. The maximum absolute atomic E-state index is 12.3. The van der Waals surface area contributed by atoms with E-state index in [1.165, 1.54) is 0 Å². The average molecular weight is 353 g/mol. The number of rotatable bonds is 5. The predicted octanol–water partition coefficient (Wildman–Crippen LogP) is 4.11. The predicted molar refractivity (Wildman–Crippen MR) is 99.4 cm³/mol. The van der Waals surface area contributed by atoms with Crippen LogP contribution in [0, 0.1) is 0 Å². The minimum atomic E-state index is -0.0626. The Morgan fingerprint density at radius 2 is 1.88 bits per heavy atom. The van der Waals surface area contributed by atoms with Crippen molar-refractivity contribution in [1.29, 1.82) is 0 Å². The third-order valence-electron chi connectivity index (χ3n) is 4.80. The molecular weight excluding hydrogens is 330 g/mol. The standard InChI is InChI=1S/C21H23NO4/c1-2-3-8-24-18-7-5-4-6-14(18)15-12-21(23)22-17-13-20-19(11-16(15)17)25-9-10-26-20/h4-7,11,13,15H,2-3,8-10,12H2,1H3,(H,22,23). The minimum Gasteiger partial charge on any atom is -0.493 e. The second-order valence-corrected chi connectivity index (χ2v) is 6.63. The molecule has 4 rings (SSSR count). The topological polar surface area (TPSA) is 56.8 Å². The highest BCUT2D eigenvalue weighted by Crippen LogP contribution is 2.45. The average Bonchev–Trinajstić information content (AvgIpc) is 2.66. The second kappa shape index (κ2) is 7.28. The Morgan fingerprint density at radius 1 is 1.12 bits per heavy atom. The van der Waals surface area contributed by atoms with E-state index in [2.05, 4.69) is 12.2 Å². The molecule has 2 aromatic carbocycles. The zero-order valence-corrected chi connectivity index (χ0v) is 14.9. The SMILES string of the molecule is CCCCOc1ccccc1C1CC(=O)Nc2cc3c(cc21)OCCO3. The zero-order chi connectivity index (χ0) is 17.9. The van der Waals surface area contributed by atoms with Gasteiger partial charge in [0.15, 0.2) is 11.5 Å². The molecule has 2 aliphatic rings. The molecule has 2 heterocycles. The van der Waals surface area contributed by atoms with E-state index < -0.39 is 0 Å². The van der Waals surface area contributed by atoms with Crippen molar-refractivity contribution in [2.24, 2.45) is 0 Å². The van der Waals surface area contributed by atoms with Crippen molar-refractivity contribution in [3.05, 3.63) is 47.5 Å². The second-order valence-electron chi connectivity index (χ2n) is 6.63. The molecule has 26 heavy (non-hydrogen) atoms. The maximum Gasteiger partial charge on any atom is 0.225 e. The highest BCUT2D eigenvalue weighted by atomic mass is 16.6. The number of hydrogen-bond donors (Lipinski definition) is 1. The molecule has 2 aromatic rings. The lowest BCUT2D eigenvalue weighted by molar-refractivity contribution is -0.116. The first-order chi connectivity index (χ1) is 12.8. The monoisotopic (exact) mass is 353 g/mol. The molecule has 0 radical (unpaired) electrons. The fraction of sp³-hybridized carbons (Fsp3) is 0.381. The Kier molecular flexibility index (Phi) is 4.69. The van der Waals surface area contributed by atoms with Crippen LogP contribution in [0.3, 0.4) is 0 Å². The summed E-state index contributed by atoms with van der Waals surface area (Å²) in [5, 5.41) is 2.97. The van der Waals surface area contributed by atoms with Gasteiger partial charge in [-0.25, -0.2) is 0 Å². The number of hydrogen-bond acceptors (Lipinski definition) is 4. The summed E-state index contributed by atoms with van der Waals surface area (Å²) in [4.78, 5) is 12.3. The van der Waals surface area contributed by atoms with E-state index in [1.54, 1.807) is 0 Å². The Labute approximate surface area is 153 Å². The Bertz CT molecular complexity index is 818. The molecule has 0 aromatic heterocycles. The van der Waals surface area contributed by atoms with Gasteiger partial charge in [0.25, 0.3) is 0 Å². The van der Waals surface area contributed by atoms with Gasteiger partial charge in [-0.05, 0) is 24.1 Å². The van der Waals surface area contributed by atoms with Gasteiger partial charge in [0, 0.05) is 29.7 Å². The summed E-state index contributed by atoms with van der Waals surface area (Å²) in [6.07, 6.45) is 2.48. The van der Waals surface area contributed by atoms with Crippen LogP contribution in [0.1, 0.15) is 43.2 Å². The fourth-order valence-electron chi connectivity index (χ4n) is 3.50. The summed E-state index contributed by atoms with van der Waals surface area (Å²) in [5.74, 6) is 2.21. The number of ether oxygens (including phenoxy) is 3. The summed E-state index contributed by atoms with van der Waals surface area (Å²) in [6.45, 7) is 3.89. The molecule has 1 atom stereocenters. The number of anilines is 1. The normalized spacial score (nSPS) is 18.0. The fourth-order valence-corrected chi connectivity index (χ4v) is 3.50. The number of nitrogens with one attached hydrogen (secondary N) is 1. The minimum absolute atomic E-state index is 0.00235. The van der Waals surface area contributed by atoms with Crippen LogP contribution in [0.4, 0.5) is 5.69 Å². The van der Waals surface area contributed by atoms with Gasteiger partial charge in [-0.1, -0.05) is 31.5 Å². The molecule has 0 fully saturated rings. The zero-order valence-electron chi connectivity index (χ0n) is 14.9. The van der Waals surface area contributed by atoms with E-state index in [0.29, 0.717) is 32.0 Å². The first-order valence-electron chi connectivity index (χ1n) is 9.21. The molecule has 5 nitrogen and oxygen atoms in total. The van der Waals surface area contributed by atoms with Crippen LogP contribution >= 0.6 is 0 Å². The van der Waals surface area contributed by atoms with Crippen molar-refractivity contribution < 1.29 is 19.0 Å². The van der Waals surface area contributed by atoms with Gasteiger partial charge in [-0.3, -0.25) is 4.79 Å². The quantitative estimate of drug-likeness (QED) is 0.822. The summed E-state index contributed by atoms with van der Waals surface area (Å²) in [6, 6.07) is 11.9. The smallest absolute Gasteiger partial charge is 0.225 e. The number of unbranched alkanes of at least 4 members (excludes halogenated alkanes) is 1. The number of carbonyl (C=O) groups excluding carboxylic acids is 1. The van der Waals surface area contributed by atoms with Crippen molar-refractivity contribution in [2.75, 3.05) is 25.1 Å². The van der Waals surface area contributed by atoms with Gasteiger partial charge in [-0.2, -0.15) is 0 Å². The molecule has 0 bridgehead atoms. The number of para-hydroxylation sites is 1. The summed E-state index contributed by atoms with van der Waals surface area (Å²) >= 11 is 0. The highest BCUT2D eigenvalue weighted by molar-refractivity contribution is 5.96. The van der Waals surface area contributed by atoms with Crippen LogP contribution in [0.2, 0.25) is 0 Å². The Hall–Kier alpha value is -2.69. The van der Waals surface area contributed by atoms with Gasteiger partial charge in [0.1, 0.15) is 19.0 Å². The molecule has 1 amide bonds. The van der Waals surface area contributed by atoms with Crippen LogP contribution in [0.5, 0.6) is 17.2 Å². The van der Waals surface area contributed by atoms with Gasteiger partial charge >= 0.3 is 0 Å². The molecule has 5 heteroatoms. The summed E-state index contributed by atoms with van der Waals surface area (Å²) < 4.78 is 17.4. The van der Waals surface area contributed by atoms with Crippen molar-refractivity contribution in [2.45, 2.75) is 32.1 Å². The molecular formula is C21H23NO4. The van der Waals surface area contributed by atoms with E-state index in [9.17, 15) is 4.79 Å². The number of carbonyl (C=O) groups is 1. The molecule has 1 unspecified atom stereocenters. The van der Waals surface area contributed by atoms with Crippen LogP contribution in [0.15, 0.2) is 36.4 Å². The maximum atomic E-state index is 12.3. The summed E-state index contributed by atoms with van der Waals surface area (Å²) in [5.41, 5.74) is 2.87. The molecule has 0 spiro atoms. The lowest BCUT2D eigenvalue weighted by Gasteiger charge is -2.29. The third kappa shape index (κ3) is 3.21. The lowest BCUT2D eigenvalue weighted by Crippen LogP contribution is -2.25. The van der Waals surface area contributed by atoms with Gasteiger partial charge in [-0.15, -0.1) is 0 Å². The van der Waals surface area contributed by atoms with Crippen molar-refractivity contribution in [3.8, 4) is 17.2 Å². The molecule has 136 valence electrons. The van der Waals surface area contributed by atoms with Crippen LogP contribution < -0.4 is 19.5 Å². The van der Waals surface area contributed by atoms with Crippen molar-refractivity contribution in [3.63, 3.8) is 0 Å². The molecule has 0 saturated heterocycles. The van der Waals surface area contributed by atoms with Gasteiger partial charge < -0.3 is 19.5 Å². The van der Waals surface area contributed by atoms with E-state index in [0.717, 1.165) is 41.2 Å². The first kappa shape index (κ1) is 16.8. The third-order valence-corrected chi connectivity index (χ3v) is 4.80. The molecule has 0 saturated carbocycles. The van der Waals surface area contributed by atoms with Crippen molar-refractivity contribution >= 4 is 11.6 Å². The van der Waals surface area contributed by atoms with E-state index in [-0.39, 0.29) is 11.8 Å². The largest absolute Gasteiger partial charge is 0.493 e. The van der Waals surface area contributed by atoms with Gasteiger partial charge in [0.2, 0.25) is 5.91 Å².